The van der Waals surface area contributed by atoms with E-state index in [1.54, 1.807) is 0 Å². The van der Waals surface area contributed by atoms with E-state index >= 15 is 0 Å². The molecule has 1 heterocycles. The van der Waals surface area contributed by atoms with Gasteiger partial charge < -0.3 is 4.90 Å². The quantitative estimate of drug-likeness (QED) is 0.716. The summed E-state index contributed by atoms with van der Waals surface area (Å²) in [7, 11) is 2.08. The highest BCUT2D eigenvalue weighted by molar-refractivity contribution is 6.17. The predicted octanol–water partition coefficient (Wildman–Crippen LogP) is 3.37. The number of hydrogen-bond acceptors (Lipinski definition) is 2. The minimum atomic E-state index is 0.554. The van der Waals surface area contributed by atoms with Crippen LogP contribution in [0.2, 0.25) is 0 Å². The van der Waals surface area contributed by atoms with Gasteiger partial charge in [-0.15, -0.1) is 11.6 Å². The molecule has 0 saturated heterocycles. The van der Waals surface area contributed by atoms with Crippen molar-refractivity contribution in [1.82, 2.24) is 4.98 Å². The number of hydrogen-bond donors (Lipinski definition) is 0. The lowest BCUT2D eigenvalue weighted by atomic mass is 10.2. The van der Waals surface area contributed by atoms with Crippen molar-refractivity contribution in [2.24, 2.45) is 0 Å². The van der Waals surface area contributed by atoms with Crippen LogP contribution in [0.4, 0.5) is 5.82 Å². The van der Waals surface area contributed by atoms with E-state index in [-0.39, 0.29) is 0 Å². The molecule has 0 radical (unpaired) electrons. The highest BCUT2D eigenvalue weighted by Crippen LogP contribution is 2.15. The summed E-state index contributed by atoms with van der Waals surface area (Å²) in [6, 6.07) is 4.10. The lowest BCUT2D eigenvalue weighted by molar-refractivity contribution is 0.758. The molecule has 0 aliphatic carbocycles. The van der Waals surface area contributed by atoms with Gasteiger partial charge in [0.15, 0.2) is 0 Å². The van der Waals surface area contributed by atoms with Gasteiger partial charge in [-0.2, -0.15) is 0 Å². The molecule has 1 aromatic rings. The highest BCUT2D eigenvalue weighted by Gasteiger charge is 2.04. The molecule has 0 fully saturated rings. The third kappa shape index (κ3) is 3.71. The van der Waals surface area contributed by atoms with Crippen molar-refractivity contribution in [1.29, 1.82) is 0 Å². The van der Waals surface area contributed by atoms with Crippen molar-refractivity contribution in [2.75, 3.05) is 18.5 Å². The molecule has 84 valence electrons. The topological polar surface area (TPSA) is 16.1 Å². The largest absolute Gasteiger partial charge is 0.360 e. The fourth-order valence-corrected chi connectivity index (χ4v) is 1.66. The Morgan fingerprint density at radius 2 is 2.13 bits per heavy atom. The van der Waals surface area contributed by atoms with E-state index in [2.05, 4.69) is 29.9 Å². The second kappa shape index (κ2) is 5.96. The molecule has 0 aliphatic rings. The number of unbranched alkanes of at least 4 members (excludes halogenated alkanes) is 1. The molecule has 0 amide bonds. The zero-order chi connectivity index (χ0) is 11.3. The third-order valence-electron chi connectivity index (χ3n) is 2.39. The monoisotopic (exact) mass is 226 g/mol. The molecular weight excluding hydrogens is 208 g/mol. The van der Waals surface area contributed by atoms with Crippen molar-refractivity contribution >= 4 is 17.4 Å². The van der Waals surface area contributed by atoms with Gasteiger partial charge >= 0.3 is 0 Å². The van der Waals surface area contributed by atoms with Crippen LogP contribution in [0.5, 0.6) is 0 Å². The van der Waals surface area contributed by atoms with E-state index < -0.39 is 0 Å². The second-order valence-corrected chi connectivity index (χ2v) is 4.15. The summed E-state index contributed by atoms with van der Waals surface area (Å²) in [6.45, 7) is 5.25. The lowest BCUT2D eigenvalue weighted by Gasteiger charge is -2.18. The Hall–Kier alpha value is -0.760. The van der Waals surface area contributed by atoms with Crippen molar-refractivity contribution in [3.8, 4) is 0 Å². The Labute approximate surface area is 97.3 Å². The van der Waals surface area contributed by atoms with Gasteiger partial charge in [0.05, 0.1) is 0 Å². The van der Waals surface area contributed by atoms with Gasteiger partial charge in [-0.1, -0.05) is 13.3 Å². The maximum atomic E-state index is 5.83. The van der Waals surface area contributed by atoms with Crippen LogP contribution in [-0.4, -0.2) is 18.6 Å². The van der Waals surface area contributed by atoms with Crippen LogP contribution in [0.1, 0.15) is 31.0 Å². The summed E-state index contributed by atoms with van der Waals surface area (Å²) < 4.78 is 0. The smallest absolute Gasteiger partial charge is 0.128 e. The number of aryl methyl sites for hydroxylation is 1. The molecule has 0 aromatic carbocycles. The molecule has 0 saturated carbocycles. The van der Waals surface area contributed by atoms with Crippen LogP contribution >= 0.6 is 11.6 Å². The summed E-state index contributed by atoms with van der Waals surface area (Å²) >= 11 is 5.83. The Bertz CT molecular complexity index is 312. The first kappa shape index (κ1) is 12.3. The number of rotatable bonds is 5. The van der Waals surface area contributed by atoms with Crippen molar-refractivity contribution in [3.05, 3.63) is 23.4 Å². The zero-order valence-electron chi connectivity index (χ0n) is 9.76. The van der Waals surface area contributed by atoms with Crippen molar-refractivity contribution in [2.45, 2.75) is 32.6 Å². The molecular formula is C12H19ClN2. The number of halogens is 1. The molecule has 1 aromatic heterocycles. The summed E-state index contributed by atoms with van der Waals surface area (Å²) in [5.41, 5.74) is 2.18. The standard InChI is InChI=1S/C12H19ClN2/c1-4-5-6-15(3)12-8-11(9-13)7-10(2)14-12/h7-8H,4-6,9H2,1-3H3. The SMILES string of the molecule is CCCCN(C)c1cc(CCl)cc(C)n1. The van der Waals surface area contributed by atoms with Gasteiger partial charge in [0.1, 0.15) is 5.82 Å². The minimum absolute atomic E-state index is 0.554. The van der Waals surface area contributed by atoms with E-state index in [9.17, 15) is 0 Å². The number of anilines is 1. The first-order valence-electron chi connectivity index (χ1n) is 5.42. The van der Waals surface area contributed by atoms with Crippen molar-refractivity contribution < 1.29 is 0 Å². The average molecular weight is 227 g/mol. The van der Waals surface area contributed by atoms with Gasteiger partial charge in [0.25, 0.3) is 0 Å². The van der Waals surface area contributed by atoms with E-state index in [1.807, 2.05) is 13.0 Å². The van der Waals surface area contributed by atoms with E-state index in [4.69, 9.17) is 11.6 Å². The summed E-state index contributed by atoms with van der Waals surface area (Å²) in [4.78, 5) is 6.69. The number of pyridine rings is 1. The van der Waals surface area contributed by atoms with Crippen LogP contribution in [0, 0.1) is 6.92 Å². The molecule has 0 atom stereocenters. The molecule has 0 unspecified atom stereocenters. The number of alkyl halides is 1. The summed E-state index contributed by atoms with van der Waals surface area (Å²) in [6.07, 6.45) is 2.40. The number of aromatic nitrogens is 1. The Balaban J connectivity index is 2.78. The van der Waals surface area contributed by atoms with Gasteiger partial charge in [0.2, 0.25) is 0 Å². The first-order valence-corrected chi connectivity index (χ1v) is 5.95. The Kier molecular flexibility index (Phi) is 4.89. The van der Waals surface area contributed by atoms with Crippen LogP contribution in [0.15, 0.2) is 12.1 Å². The fraction of sp³-hybridized carbons (Fsp3) is 0.583. The first-order chi connectivity index (χ1) is 7.17. The van der Waals surface area contributed by atoms with Gasteiger partial charge in [-0.3, -0.25) is 0 Å². The van der Waals surface area contributed by atoms with Crippen LogP contribution in [0.3, 0.4) is 0 Å². The van der Waals surface area contributed by atoms with E-state index in [1.165, 1.54) is 12.8 Å². The lowest BCUT2D eigenvalue weighted by Crippen LogP contribution is -2.19. The molecule has 0 N–H and O–H groups in total. The summed E-state index contributed by atoms with van der Waals surface area (Å²) in [5, 5.41) is 0. The van der Waals surface area contributed by atoms with Gasteiger partial charge in [0, 0.05) is 25.2 Å². The van der Waals surface area contributed by atoms with Gasteiger partial charge in [-0.05, 0) is 31.0 Å². The molecule has 0 spiro atoms. The fourth-order valence-electron chi connectivity index (χ4n) is 1.50. The number of nitrogens with zero attached hydrogens (tertiary/aromatic N) is 2. The normalized spacial score (nSPS) is 10.4. The van der Waals surface area contributed by atoms with E-state index in [0.29, 0.717) is 5.88 Å². The molecule has 0 aliphatic heterocycles. The van der Waals surface area contributed by atoms with Crippen LogP contribution < -0.4 is 4.90 Å². The van der Waals surface area contributed by atoms with E-state index in [0.717, 1.165) is 23.6 Å². The molecule has 2 nitrogen and oxygen atoms in total. The van der Waals surface area contributed by atoms with Crippen molar-refractivity contribution in [3.63, 3.8) is 0 Å². The average Bonchev–Trinajstić information content (AvgIpc) is 2.24. The Morgan fingerprint density at radius 3 is 2.73 bits per heavy atom. The maximum absolute atomic E-state index is 5.83. The van der Waals surface area contributed by atoms with Crippen LogP contribution in [0.25, 0.3) is 0 Å². The van der Waals surface area contributed by atoms with Crippen LogP contribution in [-0.2, 0) is 5.88 Å². The molecule has 3 heteroatoms. The second-order valence-electron chi connectivity index (χ2n) is 3.88. The van der Waals surface area contributed by atoms with Gasteiger partial charge in [-0.25, -0.2) is 4.98 Å². The Morgan fingerprint density at radius 1 is 1.40 bits per heavy atom. The third-order valence-corrected chi connectivity index (χ3v) is 2.70. The molecule has 15 heavy (non-hydrogen) atoms. The maximum Gasteiger partial charge on any atom is 0.128 e. The molecule has 1 rings (SSSR count). The highest BCUT2D eigenvalue weighted by atomic mass is 35.5. The summed E-state index contributed by atoms with van der Waals surface area (Å²) in [5.74, 6) is 1.58. The zero-order valence-corrected chi connectivity index (χ0v) is 10.5. The minimum Gasteiger partial charge on any atom is -0.360 e. The predicted molar refractivity (Wildman–Crippen MR) is 66.7 cm³/mol. The molecule has 0 bridgehead atoms.